The van der Waals surface area contributed by atoms with Crippen LogP contribution in [-0.2, 0) is 0 Å². The number of Topliss-reactive ketones (excluding diaryl/α,β-unsaturated/α-hetero) is 2. The van der Waals surface area contributed by atoms with Crippen molar-refractivity contribution in [2.45, 2.75) is 18.9 Å². The van der Waals surface area contributed by atoms with Gasteiger partial charge in [-0.1, -0.05) is 11.8 Å². The lowest BCUT2D eigenvalue weighted by atomic mass is 10.2. The summed E-state index contributed by atoms with van der Waals surface area (Å²) < 4.78 is 19.7. The van der Waals surface area contributed by atoms with Crippen LogP contribution in [0.2, 0.25) is 0 Å². The van der Waals surface area contributed by atoms with E-state index in [9.17, 15) is 14.0 Å². The van der Waals surface area contributed by atoms with E-state index in [1.807, 2.05) is 0 Å². The van der Waals surface area contributed by atoms with Crippen LogP contribution in [0, 0.1) is 12.7 Å². The van der Waals surface area contributed by atoms with E-state index in [0.29, 0.717) is 26.1 Å². The van der Waals surface area contributed by atoms with Crippen molar-refractivity contribution >= 4 is 45.6 Å². The Bertz CT molecular complexity index is 1020. The number of hydrogen-bond donors (Lipinski definition) is 0. The molecule has 0 amide bonds. The van der Waals surface area contributed by atoms with Gasteiger partial charge in [0, 0.05) is 1.43 Å². The summed E-state index contributed by atoms with van der Waals surface area (Å²) in [6.07, 6.45) is 0. The van der Waals surface area contributed by atoms with Gasteiger partial charge in [-0.05, 0) is 38.1 Å². The fourth-order valence-electron chi connectivity index (χ4n) is 2.39. The number of fused-ring (bicyclic) bond motifs is 1. The number of halogens is 1. The van der Waals surface area contributed by atoms with Gasteiger partial charge in [0.15, 0.2) is 23.1 Å². The molecule has 26 heavy (non-hydrogen) atoms. The number of ether oxygens (including phenoxy) is 1. The molecule has 0 radical (unpaired) electrons. The number of carbonyl (C=O) groups is 2. The van der Waals surface area contributed by atoms with Crippen LogP contribution < -0.4 is 4.74 Å². The van der Waals surface area contributed by atoms with Crippen LogP contribution in [0.1, 0.15) is 33.5 Å². The molecule has 0 saturated carbocycles. The summed E-state index contributed by atoms with van der Waals surface area (Å²) in [5.41, 5.74) is 0.459. The normalized spacial score (nSPS) is 10.9. The van der Waals surface area contributed by atoms with Gasteiger partial charge >= 0.3 is 0 Å². The average Bonchev–Trinajstić information content (AvgIpc) is 3.10. The minimum absolute atomic E-state index is 0. The largest absolute Gasteiger partial charge is 0.494 e. The second-order valence-corrected chi connectivity index (χ2v) is 7.53. The first-order valence-corrected chi connectivity index (χ1v) is 9.48. The summed E-state index contributed by atoms with van der Waals surface area (Å²) in [7, 11) is 1.39. The van der Waals surface area contributed by atoms with E-state index < -0.39 is 5.82 Å². The van der Waals surface area contributed by atoms with Crippen LogP contribution in [0.3, 0.4) is 0 Å². The molecule has 0 N–H and O–H groups in total. The minimum atomic E-state index is -0.546. The van der Waals surface area contributed by atoms with Crippen molar-refractivity contribution in [3.05, 3.63) is 45.7 Å². The number of methoxy groups -OCH3 is 1. The van der Waals surface area contributed by atoms with Gasteiger partial charge in [0.1, 0.15) is 10.9 Å². The van der Waals surface area contributed by atoms with Crippen molar-refractivity contribution in [1.29, 1.82) is 0 Å². The van der Waals surface area contributed by atoms with Gasteiger partial charge < -0.3 is 4.74 Å². The number of nitrogens with zero attached hydrogens (tertiary/aromatic N) is 2. The molecule has 0 atom stereocenters. The van der Waals surface area contributed by atoms with E-state index in [0.717, 1.165) is 23.1 Å². The third kappa shape index (κ3) is 3.61. The monoisotopic (exact) mass is 392 g/mol. The van der Waals surface area contributed by atoms with Crippen molar-refractivity contribution in [3.63, 3.8) is 0 Å². The molecule has 2 aromatic heterocycles. The topological polar surface area (TPSA) is 69.2 Å². The fraction of sp³-hybridized carbons (Fsp3) is 0.222. The van der Waals surface area contributed by atoms with E-state index in [-0.39, 0.29) is 29.9 Å². The molecule has 0 unspecified atom stereocenters. The Kier molecular flexibility index (Phi) is 5.33. The molecule has 0 saturated heterocycles. The lowest BCUT2D eigenvalue weighted by Crippen LogP contribution is -2.02. The van der Waals surface area contributed by atoms with E-state index in [1.165, 1.54) is 20.1 Å². The number of hydrogen-bond acceptors (Lipinski definition) is 7. The summed E-state index contributed by atoms with van der Waals surface area (Å²) in [6.45, 7) is 3.17. The van der Waals surface area contributed by atoms with Crippen molar-refractivity contribution in [1.82, 2.24) is 9.97 Å². The third-order valence-corrected chi connectivity index (χ3v) is 5.83. The lowest BCUT2D eigenvalue weighted by molar-refractivity contribution is 0.101. The summed E-state index contributed by atoms with van der Waals surface area (Å²) in [5.74, 6) is -0.0852. The molecule has 2 heterocycles. The number of ketones is 2. The summed E-state index contributed by atoms with van der Waals surface area (Å²) >= 11 is 2.30. The Morgan fingerprint density at radius 2 is 1.96 bits per heavy atom. The van der Waals surface area contributed by atoms with Crippen molar-refractivity contribution in [2.24, 2.45) is 0 Å². The van der Waals surface area contributed by atoms with E-state index in [2.05, 4.69) is 9.97 Å². The highest BCUT2D eigenvalue weighted by Gasteiger charge is 2.18. The fourth-order valence-corrected chi connectivity index (χ4v) is 4.28. The Morgan fingerprint density at radius 3 is 2.62 bits per heavy atom. The van der Waals surface area contributed by atoms with Crippen molar-refractivity contribution in [3.8, 4) is 5.75 Å². The number of aryl methyl sites for hydroxylation is 1. The number of aromatic nitrogens is 2. The average molecular weight is 392 g/mol. The van der Waals surface area contributed by atoms with Gasteiger partial charge in [0.2, 0.25) is 0 Å². The summed E-state index contributed by atoms with van der Waals surface area (Å²) in [6, 6.07) is 6.45. The zero-order chi connectivity index (χ0) is 18.8. The third-order valence-electron chi connectivity index (χ3n) is 3.63. The lowest BCUT2D eigenvalue weighted by Gasteiger charge is -2.09. The van der Waals surface area contributed by atoms with E-state index in [1.54, 1.807) is 25.1 Å². The number of carbonyl (C=O) groups excluding carboxylic acids is 2. The molecule has 8 heteroatoms. The predicted molar refractivity (Wildman–Crippen MR) is 102 cm³/mol. The zero-order valence-corrected chi connectivity index (χ0v) is 16.0. The molecule has 0 spiro atoms. The molecular weight excluding hydrogens is 375 g/mol. The van der Waals surface area contributed by atoms with Gasteiger partial charge in [0.25, 0.3) is 0 Å². The maximum absolute atomic E-state index is 14.7. The van der Waals surface area contributed by atoms with Crippen LogP contribution in [0.5, 0.6) is 5.75 Å². The van der Waals surface area contributed by atoms with E-state index in [4.69, 9.17) is 4.74 Å². The van der Waals surface area contributed by atoms with Gasteiger partial charge in [-0.25, -0.2) is 14.4 Å². The van der Waals surface area contributed by atoms with E-state index >= 15 is 0 Å². The van der Waals surface area contributed by atoms with Gasteiger partial charge in [-0.15, -0.1) is 11.3 Å². The Hall–Kier alpha value is -2.32. The molecule has 0 fully saturated rings. The molecule has 0 aliphatic carbocycles. The number of benzene rings is 1. The highest BCUT2D eigenvalue weighted by Crippen LogP contribution is 2.33. The SMILES string of the molecule is COc1ccc2nc(C)nc(SCC(=O)c3ccc(C(C)=O)s3)c2c1F.[HH]. The van der Waals surface area contributed by atoms with Gasteiger partial charge in [0.05, 0.1) is 33.5 Å². The quantitative estimate of drug-likeness (QED) is 0.348. The standard InChI is InChI=1S/C18H15FN2O3S2.H2/c1-9(22)14-6-7-15(26-14)12(23)8-25-18-16-11(20-10(2)21-18)4-5-13(24-3)17(16)19;/h4-7H,8H2,1-3H3;1H. The van der Waals surface area contributed by atoms with Crippen LogP contribution in [0.25, 0.3) is 10.9 Å². The zero-order valence-electron chi connectivity index (χ0n) is 14.3. The molecule has 3 rings (SSSR count). The van der Waals surface area contributed by atoms with Crippen molar-refractivity contribution in [2.75, 3.05) is 12.9 Å². The van der Waals surface area contributed by atoms with Crippen molar-refractivity contribution < 1.29 is 20.1 Å². The molecule has 1 aromatic carbocycles. The summed E-state index contributed by atoms with van der Waals surface area (Å²) in [4.78, 5) is 33.3. The number of rotatable bonds is 6. The molecule has 0 aliphatic heterocycles. The molecule has 0 aliphatic rings. The Labute approximate surface area is 159 Å². The molecule has 136 valence electrons. The molecular formula is C18H17FN2O3S2. The highest BCUT2D eigenvalue weighted by molar-refractivity contribution is 8.00. The number of thiophene rings is 1. The maximum Gasteiger partial charge on any atom is 0.183 e. The molecule has 3 aromatic rings. The van der Waals surface area contributed by atoms with Crippen LogP contribution in [0.4, 0.5) is 4.39 Å². The smallest absolute Gasteiger partial charge is 0.183 e. The minimum Gasteiger partial charge on any atom is -0.494 e. The Morgan fingerprint density at radius 1 is 1.23 bits per heavy atom. The second-order valence-electron chi connectivity index (χ2n) is 5.48. The first-order chi connectivity index (χ1) is 12.4. The second kappa shape index (κ2) is 7.51. The van der Waals surface area contributed by atoms with Crippen LogP contribution in [0.15, 0.2) is 29.3 Å². The molecule has 5 nitrogen and oxygen atoms in total. The van der Waals surface area contributed by atoms with Gasteiger partial charge in [-0.3, -0.25) is 9.59 Å². The first-order valence-electron chi connectivity index (χ1n) is 7.68. The van der Waals surface area contributed by atoms with Crippen LogP contribution >= 0.6 is 23.1 Å². The molecule has 0 bridgehead atoms. The summed E-state index contributed by atoms with van der Waals surface area (Å²) in [5, 5.41) is 0.629. The predicted octanol–water partition coefficient (Wildman–Crippen LogP) is 4.57. The Balaban J connectivity index is 0.00000261. The van der Waals surface area contributed by atoms with Gasteiger partial charge in [-0.2, -0.15) is 0 Å². The number of thioether (sulfide) groups is 1. The first kappa shape index (κ1) is 18.5. The highest BCUT2D eigenvalue weighted by atomic mass is 32.2. The maximum atomic E-state index is 14.7. The van der Waals surface area contributed by atoms with Crippen LogP contribution in [-0.4, -0.2) is 34.4 Å².